The van der Waals surface area contributed by atoms with Crippen molar-refractivity contribution in [3.05, 3.63) is 35.9 Å². The Balaban J connectivity index is 1.82. The van der Waals surface area contributed by atoms with Crippen molar-refractivity contribution in [2.24, 2.45) is 0 Å². The summed E-state index contributed by atoms with van der Waals surface area (Å²) in [5, 5.41) is 6.11. The van der Waals surface area contributed by atoms with Gasteiger partial charge in [-0.15, -0.1) is 0 Å². The molecule has 4 heteroatoms. The Hall–Kier alpha value is -1.55. The predicted octanol–water partition coefficient (Wildman–Crippen LogP) is 2.92. The van der Waals surface area contributed by atoms with E-state index < -0.39 is 0 Å². The molecule has 0 saturated heterocycles. The zero-order chi connectivity index (χ0) is 15.1. The Morgan fingerprint density at radius 1 is 1.19 bits per heavy atom. The Labute approximate surface area is 127 Å². The van der Waals surface area contributed by atoms with Gasteiger partial charge in [0.1, 0.15) is 0 Å². The first kappa shape index (κ1) is 15.8. The van der Waals surface area contributed by atoms with Crippen LogP contribution in [-0.2, 0) is 0 Å². The van der Waals surface area contributed by atoms with Crippen molar-refractivity contribution < 1.29 is 4.79 Å². The van der Waals surface area contributed by atoms with E-state index >= 15 is 0 Å². The number of urea groups is 1. The van der Waals surface area contributed by atoms with E-state index in [-0.39, 0.29) is 12.1 Å². The minimum absolute atomic E-state index is 0.0373. The van der Waals surface area contributed by atoms with Crippen LogP contribution in [0.5, 0.6) is 0 Å². The first-order valence-corrected chi connectivity index (χ1v) is 7.92. The summed E-state index contributed by atoms with van der Waals surface area (Å²) in [7, 11) is 4.08. The summed E-state index contributed by atoms with van der Waals surface area (Å²) in [6.45, 7) is 0.621. The van der Waals surface area contributed by atoms with Crippen molar-refractivity contribution in [3.63, 3.8) is 0 Å². The van der Waals surface area contributed by atoms with Crippen LogP contribution in [0, 0.1) is 0 Å². The van der Waals surface area contributed by atoms with Gasteiger partial charge < -0.3 is 15.5 Å². The molecule has 2 rings (SSSR count). The van der Waals surface area contributed by atoms with Crippen molar-refractivity contribution >= 4 is 6.03 Å². The minimum atomic E-state index is -0.0373. The van der Waals surface area contributed by atoms with E-state index in [1.54, 1.807) is 0 Å². The van der Waals surface area contributed by atoms with E-state index in [0.29, 0.717) is 12.6 Å². The fraction of sp³-hybridized carbons (Fsp3) is 0.588. The molecule has 21 heavy (non-hydrogen) atoms. The molecule has 1 fully saturated rings. The maximum Gasteiger partial charge on any atom is 0.315 e. The van der Waals surface area contributed by atoms with E-state index in [1.165, 1.54) is 24.8 Å². The number of rotatable bonds is 5. The number of benzene rings is 1. The Kier molecular flexibility index (Phi) is 6.05. The fourth-order valence-electron chi connectivity index (χ4n) is 2.95. The first-order chi connectivity index (χ1) is 10.2. The number of nitrogens with one attached hydrogen (secondary N) is 2. The molecule has 0 heterocycles. The summed E-state index contributed by atoms with van der Waals surface area (Å²) in [6, 6.07) is 10.8. The molecule has 2 N–H and O–H groups in total. The quantitative estimate of drug-likeness (QED) is 0.875. The van der Waals surface area contributed by atoms with Crippen LogP contribution in [0.4, 0.5) is 4.79 Å². The number of carbonyl (C=O) groups is 1. The normalized spacial score (nSPS) is 17.5. The maximum absolute atomic E-state index is 12.0. The topological polar surface area (TPSA) is 44.4 Å². The fourth-order valence-corrected chi connectivity index (χ4v) is 2.95. The molecule has 1 atom stereocenters. The molecule has 116 valence electrons. The van der Waals surface area contributed by atoms with E-state index in [4.69, 9.17) is 0 Å². The maximum atomic E-state index is 12.0. The summed E-state index contributed by atoms with van der Waals surface area (Å²) in [6.07, 6.45) is 5.99. The van der Waals surface area contributed by atoms with Crippen molar-refractivity contribution in [1.82, 2.24) is 15.5 Å². The lowest BCUT2D eigenvalue weighted by atomic mass is 9.96. The van der Waals surface area contributed by atoms with E-state index in [0.717, 1.165) is 12.8 Å². The van der Waals surface area contributed by atoms with Crippen LogP contribution < -0.4 is 10.6 Å². The molecule has 1 aromatic carbocycles. The van der Waals surface area contributed by atoms with Crippen molar-refractivity contribution in [2.45, 2.75) is 44.2 Å². The minimum Gasteiger partial charge on any atom is -0.336 e. The average molecular weight is 289 g/mol. The van der Waals surface area contributed by atoms with Gasteiger partial charge in [0.25, 0.3) is 0 Å². The summed E-state index contributed by atoms with van der Waals surface area (Å²) >= 11 is 0. The summed E-state index contributed by atoms with van der Waals surface area (Å²) in [4.78, 5) is 14.2. The smallest absolute Gasteiger partial charge is 0.315 e. The van der Waals surface area contributed by atoms with Crippen LogP contribution in [0.3, 0.4) is 0 Å². The zero-order valence-corrected chi connectivity index (χ0v) is 13.1. The Morgan fingerprint density at radius 2 is 1.86 bits per heavy atom. The van der Waals surface area contributed by atoms with Crippen LogP contribution in [0.2, 0.25) is 0 Å². The monoisotopic (exact) mass is 289 g/mol. The highest BCUT2D eigenvalue weighted by Crippen LogP contribution is 2.18. The van der Waals surface area contributed by atoms with Gasteiger partial charge in [-0.1, -0.05) is 49.6 Å². The van der Waals surface area contributed by atoms with Gasteiger partial charge in [0.05, 0.1) is 6.04 Å². The molecule has 1 saturated carbocycles. The van der Waals surface area contributed by atoms with Gasteiger partial charge in [0, 0.05) is 12.6 Å². The number of amides is 2. The average Bonchev–Trinajstić information content (AvgIpc) is 2.49. The van der Waals surface area contributed by atoms with Crippen molar-refractivity contribution in [3.8, 4) is 0 Å². The second kappa shape index (κ2) is 8.03. The molecule has 4 nitrogen and oxygen atoms in total. The summed E-state index contributed by atoms with van der Waals surface area (Å²) in [5.74, 6) is 0. The van der Waals surface area contributed by atoms with Crippen molar-refractivity contribution in [2.75, 3.05) is 20.6 Å². The van der Waals surface area contributed by atoms with Crippen LogP contribution in [-0.4, -0.2) is 37.6 Å². The molecular formula is C17H27N3O. The third-order valence-electron chi connectivity index (χ3n) is 4.20. The van der Waals surface area contributed by atoms with E-state index in [1.807, 2.05) is 32.3 Å². The second-order valence-corrected chi connectivity index (χ2v) is 6.08. The van der Waals surface area contributed by atoms with Gasteiger partial charge >= 0.3 is 6.03 Å². The lowest BCUT2D eigenvalue weighted by Crippen LogP contribution is -2.45. The summed E-state index contributed by atoms with van der Waals surface area (Å²) < 4.78 is 0. The molecule has 0 unspecified atom stereocenters. The number of nitrogens with zero attached hydrogens (tertiary/aromatic N) is 1. The highest BCUT2D eigenvalue weighted by Gasteiger charge is 2.18. The standard InChI is InChI=1S/C17H27N3O/c1-20(2)16(14-9-5-3-6-10-14)13-18-17(21)19-15-11-7-4-8-12-15/h3,5-6,9-10,15-16H,4,7-8,11-13H2,1-2H3,(H2,18,19,21)/t16-/m0/s1. The molecule has 1 aromatic rings. The van der Waals surface area contributed by atoms with Gasteiger partial charge in [0.15, 0.2) is 0 Å². The lowest BCUT2D eigenvalue weighted by molar-refractivity contribution is 0.225. The van der Waals surface area contributed by atoms with Gasteiger partial charge in [0.2, 0.25) is 0 Å². The SMILES string of the molecule is CN(C)[C@@H](CNC(=O)NC1CCCCC1)c1ccccc1. The van der Waals surface area contributed by atoms with Gasteiger partial charge in [-0.3, -0.25) is 0 Å². The van der Waals surface area contributed by atoms with Gasteiger partial charge in [-0.25, -0.2) is 4.79 Å². The number of hydrogen-bond donors (Lipinski definition) is 2. The molecule has 0 aromatic heterocycles. The van der Waals surface area contributed by atoms with E-state index in [2.05, 4.69) is 27.7 Å². The van der Waals surface area contributed by atoms with E-state index in [9.17, 15) is 4.79 Å². The molecule has 1 aliphatic carbocycles. The second-order valence-electron chi connectivity index (χ2n) is 6.08. The largest absolute Gasteiger partial charge is 0.336 e. The number of hydrogen-bond acceptors (Lipinski definition) is 2. The highest BCUT2D eigenvalue weighted by molar-refractivity contribution is 5.74. The van der Waals surface area contributed by atoms with Gasteiger partial charge in [-0.2, -0.15) is 0 Å². The highest BCUT2D eigenvalue weighted by atomic mass is 16.2. The van der Waals surface area contributed by atoms with Crippen LogP contribution >= 0.6 is 0 Å². The van der Waals surface area contributed by atoms with Crippen molar-refractivity contribution in [1.29, 1.82) is 0 Å². The zero-order valence-electron chi connectivity index (χ0n) is 13.1. The van der Waals surface area contributed by atoms with Crippen LogP contribution in [0.15, 0.2) is 30.3 Å². The Bertz CT molecular complexity index is 427. The number of likely N-dealkylation sites (N-methyl/N-ethyl adjacent to an activating group) is 1. The van der Waals surface area contributed by atoms with Crippen LogP contribution in [0.1, 0.15) is 43.7 Å². The number of carbonyl (C=O) groups excluding carboxylic acids is 1. The molecule has 0 aliphatic heterocycles. The third-order valence-corrected chi connectivity index (χ3v) is 4.20. The third kappa shape index (κ3) is 5.05. The lowest BCUT2D eigenvalue weighted by Gasteiger charge is -2.27. The molecule has 0 radical (unpaired) electrons. The van der Waals surface area contributed by atoms with Crippen LogP contribution in [0.25, 0.3) is 0 Å². The van der Waals surface area contributed by atoms with Gasteiger partial charge in [-0.05, 0) is 32.5 Å². The first-order valence-electron chi connectivity index (χ1n) is 7.92. The molecule has 1 aliphatic rings. The summed E-state index contributed by atoms with van der Waals surface area (Å²) in [5.41, 5.74) is 1.22. The molecule has 0 bridgehead atoms. The Morgan fingerprint density at radius 3 is 2.48 bits per heavy atom. The molecular weight excluding hydrogens is 262 g/mol. The predicted molar refractivity (Wildman–Crippen MR) is 86.3 cm³/mol. The molecule has 0 spiro atoms. The molecule has 2 amide bonds.